The van der Waals surface area contributed by atoms with Crippen molar-refractivity contribution in [1.82, 2.24) is 0 Å². The van der Waals surface area contributed by atoms with E-state index in [-0.39, 0.29) is 12.2 Å². The maximum Gasteiger partial charge on any atom is 0.266 e. The second-order valence-corrected chi connectivity index (χ2v) is 6.33. The Morgan fingerprint density at radius 1 is 1.30 bits per heavy atom. The molecule has 1 amide bonds. The van der Waals surface area contributed by atoms with Crippen LogP contribution in [0.15, 0.2) is 46.4 Å². The normalized spacial score (nSPS) is 10.5. The molecule has 0 unspecified atom stereocenters. The zero-order valence-electron chi connectivity index (χ0n) is 14.7. The number of nitrogens with zero attached hydrogens (tertiary/aromatic N) is 2. The molecule has 0 spiro atoms. The van der Waals surface area contributed by atoms with Crippen molar-refractivity contribution in [3.63, 3.8) is 0 Å². The summed E-state index contributed by atoms with van der Waals surface area (Å²) in [7, 11) is 1.46. The molecule has 0 heterocycles. The van der Waals surface area contributed by atoms with Gasteiger partial charge in [-0.05, 0) is 64.3 Å². The highest BCUT2D eigenvalue weighted by atomic mass is 79.9. The lowest BCUT2D eigenvalue weighted by molar-refractivity contribution is -0.112. The highest BCUT2D eigenvalue weighted by Crippen LogP contribution is 2.37. The number of anilines is 1. The van der Waals surface area contributed by atoms with Crippen LogP contribution < -0.4 is 14.8 Å². The van der Waals surface area contributed by atoms with Gasteiger partial charge in [0.15, 0.2) is 18.1 Å². The van der Waals surface area contributed by atoms with Gasteiger partial charge in [-0.1, -0.05) is 12.1 Å². The Kier molecular flexibility index (Phi) is 6.99. The monoisotopic (exact) mass is 425 g/mol. The quantitative estimate of drug-likeness (QED) is 0.552. The van der Waals surface area contributed by atoms with Crippen LogP contribution in [0.1, 0.15) is 11.1 Å². The number of nitriles is 2. The molecule has 0 aliphatic rings. The fourth-order valence-electron chi connectivity index (χ4n) is 2.30. The van der Waals surface area contributed by atoms with Gasteiger partial charge in [0, 0.05) is 5.69 Å². The van der Waals surface area contributed by atoms with E-state index in [1.54, 1.807) is 18.2 Å². The summed E-state index contributed by atoms with van der Waals surface area (Å²) in [6, 6.07) is 14.4. The number of hydrogen-bond donors (Lipinski definition) is 1. The summed E-state index contributed by atoms with van der Waals surface area (Å²) in [4.78, 5) is 12.4. The van der Waals surface area contributed by atoms with Crippen molar-refractivity contribution < 1.29 is 14.3 Å². The Morgan fingerprint density at radius 3 is 2.70 bits per heavy atom. The van der Waals surface area contributed by atoms with Gasteiger partial charge in [0.1, 0.15) is 17.7 Å². The summed E-state index contributed by atoms with van der Waals surface area (Å²) in [5.41, 5.74) is 2.12. The third-order valence-corrected chi connectivity index (χ3v) is 4.07. The van der Waals surface area contributed by atoms with Crippen LogP contribution in [0.4, 0.5) is 5.69 Å². The Morgan fingerprint density at radius 2 is 2.07 bits per heavy atom. The molecule has 0 aromatic heterocycles. The van der Waals surface area contributed by atoms with Crippen molar-refractivity contribution in [1.29, 1.82) is 10.5 Å². The Bertz CT molecular complexity index is 971. The topological polar surface area (TPSA) is 95.1 Å². The minimum atomic E-state index is -0.511. The minimum absolute atomic E-state index is 0.0591. The first-order chi connectivity index (χ1) is 13.0. The van der Waals surface area contributed by atoms with Crippen LogP contribution in [0.25, 0.3) is 6.08 Å². The average Bonchev–Trinajstić information content (AvgIpc) is 2.64. The van der Waals surface area contributed by atoms with E-state index in [0.717, 1.165) is 5.56 Å². The van der Waals surface area contributed by atoms with Gasteiger partial charge >= 0.3 is 0 Å². The minimum Gasteiger partial charge on any atom is -0.493 e. The number of methoxy groups -OCH3 is 1. The van der Waals surface area contributed by atoms with Crippen LogP contribution in [-0.2, 0) is 4.79 Å². The van der Waals surface area contributed by atoms with Crippen molar-refractivity contribution >= 4 is 33.6 Å². The Hall–Kier alpha value is -3.29. The Balaban J connectivity index is 2.31. The van der Waals surface area contributed by atoms with E-state index in [2.05, 4.69) is 21.2 Å². The number of hydrogen-bond acceptors (Lipinski definition) is 5. The fraction of sp³-hybridized carbons (Fsp3) is 0.150. The van der Waals surface area contributed by atoms with Crippen LogP contribution in [0.3, 0.4) is 0 Å². The molecule has 0 bridgehead atoms. The third kappa shape index (κ3) is 5.34. The first kappa shape index (κ1) is 20.0. The van der Waals surface area contributed by atoms with E-state index in [4.69, 9.17) is 14.7 Å². The van der Waals surface area contributed by atoms with Gasteiger partial charge in [-0.25, -0.2) is 0 Å². The molecule has 27 heavy (non-hydrogen) atoms. The number of amides is 1. The van der Waals surface area contributed by atoms with Crippen LogP contribution in [0.2, 0.25) is 0 Å². The number of ether oxygens (including phenoxy) is 2. The predicted molar refractivity (Wildman–Crippen MR) is 105 cm³/mol. The second kappa shape index (κ2) is 9.42. The lowest BCUT2D eigenvalue weighted by Gasteiger charge is -2.12. The number of halogens is 1. The molecule has 6 nitrogen and oxygen atoms in total. The molecule has 2 aromatic carbocycles. The van der Waals surface area contributed by atoms with Crippen LogP contribution in [0, 0.1) is 29.6 Å². The Labute approximate surface area is 165 Å². The first-order valence-electron chi connectivity index (χ1n) is 7.85. The number of aryl methyl sites for hydroxylation is 1. The first-order valence-corrected chi connectivity index (χ1v) is 8.65. The van der Waals surface area contributed by atoms with Gasteiger partial charge in [0.2, 0.25) is 0 Å². The van der Waals surface area contributed by atoms with Crippen molar-refractivity contribution in [3.8, 4) is 23.6 Å². The molecule has 0 fully saturated rings. The molecular weight excluding hydrogens is 410 g/mol. The van der Waals surface area contributed by atoms with Gasteiger partial charge in [-0.2, -0.15) is 10.5 Å². The van der Waals surface area contributed by atoms with E-state index in [9.17, 15) is 10.1 Å². The molecular formula is C20H16BrN3O3. The van der Waals surface area contributed by atoms with Crippen LogP contribution in [0.5, 0.6) is 11.5 Å². The summed E-state index contributed by atoms with van der Waals surface area (Å²) < 4.78 is 11.1. The van der Waals surface area contributed by atoms with Gasteiger partial charge in [-0.3, -0.25) is 4.79 Å². The summed E-state index contributed by atoms with van der Waals surface area (Å²) in [5.74, 6) is 0.240. The van der Waals surface area contributed by atoms with Crippen molar-refractivity contribution in [2.24, 2.45) is 0 Å². The van der Waals surface area contributed by atoms with Crippen molar-refractivity contribution in [3.05, 3.63) is 57.6 Å². The highest BCUT2D eigenvalue weighted by molar-refractivity contribution is 9.10. The number of nitrogens with one attached hydrogen (secondary N) is 1. The third-order valence-electron chi connectivity index (χ3n) is 3.48. The van der Waals surface area contributed by atoms with E-state index >= 15 is 0 Å². The molecule has 0 atom stereocenters. The molecule has 2 rings (SSSR count). The second-order valence-electron chi connectivity index (χ2n) is 5.47. The standard InChI is InChI=1S/C20H16BrN3O3/c1-13-4-3-5-16(8-13)24-20(25)15(12-23)9-14-10-17(21)19(27-7-6-22)18(11-14)26-2/h3-5,8-11H,7H2,1-2H3,(H,24,25)/b15-9-. The highest BCUT2D eigenvalue weighted by Gasteiger charge is 2.14. The number of benzene rings is 2. The zero-order chi connectivity index (χ0) is 19.8. The van der Waals surface area contributed by atoms with E-state index < -0.39 is 5.91 Å². The van der Waals surface area contributed by atoms with Gasteiger partial charge in [-0.15, -0.1) is 0 Å². The number of carbonyl (C=O) groups excluding carboxylic acids is 1. The summed E-state index contributed by atoms with van der Waals surface area (Å²) in [6.45, 7) is 1.78. The lowest BCUT2D eigenvalue weighted by atomic mass is 10.1. The largest absolute Gasteiger partial charge is 0.493 e. The smallest absolute Gasteiger partial charge is 0.266 e. The summed E-state index contributed by atoms with van der Waals surface area (Å²) >= 11 is 3.35. The SMILES string of the molecule is COc1cc(/C=C(/C#N)C(=O)Nc2cccc(C)c2)cc(Br)c1OCC#N. The van der Waals surface area contributed by atoms with E-state index in [0.29, 0.717) is 27.2 Å². The van der Waals surface area contributed by atoms with Gasteiger partial charge in [0.05, 0.1) is 11.6 Å². The average molecular weight is 426 g/mol. The molecule has 7 heteroatoms. The summed E-state index contributed by atoms with van der Waals surface area (Å²) in [6.07, 6.45) is 1.45. The van der Waals surface area contributed by atoms with Crippen LogP contribution >= 0.6 is 15.9 Å². The van der Waals surface area contributed by atoms with Gasteiger partial charge in [0.25, 0.3) is 5.91 Å². The number of rotatable bonds is 6. The van der Waals surface area contributed by atoms with Crippen molar-refractivity contribution in [2.75, 3.05) is 19.0 Å². The zero-order valence-corrected chi connectivity index (χ0v) is 16.3. The van der Waals surface area contributed by atoms with E-state index in [1.165, 1.54) is 13.2 Å². The maximum absolute atomic E-state index is 12.4. The molecule has 1 N–H and O–H groups in total. The lowest BCUT2D eigenvalue weighted by Crippen LogP contribution is -2.13. The van der Waals surface area contributed by atoms with Gasteiger partial charge < -0.3 is 14.8 Å². The molecule has 0 saturated carbocycles. The molecule has 0 saturated heterocycles. The number of carbonyl (C=O) groups is 1. The van der Waals surface area contributed by atoms with E-state index in [1.807, 2.05) is 37.3 Å². The predicted octanol–water partition coefficient (Wildman–Crippen LogP) is 4.21. The molecule has 0 aliphatic heterocycles. The maximum atomic E-state index is 12.4. The molecule has 0 aliphatic carbocycles. The molecule has 0 radical (unpaired) electrons. The molecule has 136 valence electrons. The summed E-state index contributed by atoms with van der Waals surface area (Å²) in [5, 5.41) is 20.7. The fourth-order valence-corrected chi connectivity index (χ4v) is 2.88. The van der Waals surface area contributed by atoms with Crippen LogP contribution in [-0.4, -0.2) is 19.6 Å². The van der Waals surface area contributed by atoms with Crippen molar-refractivity contribution in [2.45, 2.75) is 6.92 Å². The molecule has 2 aromatic rings.